The standard InChI is InChI=1S/C26H28N2O6/c29-23(28-26(24(30)31)9-11-33-12-10-26)16-13-17(14-16)27-25(32)34-15-22-20-7-3-1-5-18(20)19-6-2-4-8-21(19)22/h1-8,16-17,22H,9-15H2,(H,27,32)(H,28,29)(H,30,31). The molecule has 3 aliphatic rings. The fraction of sp³-hybridized carbons (Fsp3) is 0.423. The van der Waals surface area contributed by atoms with Gasteiger partial charge in [0.05, 0.1) is 0 Å². The topological polar surface area (TPSA) is 114 Å². The predicted octanol–water partition coefficient (Wildman–Crippen LogP) is 3.05. The molecule has 0 unspecified atom stereocenters. The van der Waals surface area contributed by atoms with Gasteiger partial charge in [0, 0.05) is 43.9 Å². The van der Waals surface area contributed by atoms with E-state index in [1.807, 2.05) is 24.3 Å². The Kier molecular flexibility index (Phi) is 6.00. The van der Waals surface area contributed by atoms with E-state index in [0.717, 1.165) is 11.1 Å². The third kappa shape index (κ3) is 4.14. The molecule has 2 aromatic rings. The van der Waals surface area contributed by atoms with Crippen LogP contribution in [0.4, 0.5) is 4.79 Å². The number of fused-ring (bicyclic) bond motifs is 3. The van der Waals surface area contributed by atoms with Gasteiger partial charge in [0.15, 0.2) is 0 Å². The third-order valence-electron chi connectivity index (χ3n) is 7.29. The number of carbonyl (C=O) groups is 3. The maximum absolute atomic E-state index is 12.6. The largest absolute Gasteiger partial charge is 0.480 e. The van der Waals surface area contributed by atoms with Crippen molar-refractivity contribution in [3.63, 3.8) is 0 Å². The maximum atomic E-state index is 12.6. The van der Waals surface area contributed by atoms with Crippen LogP contribution in [0.25, 0.3) is 11.1 Å². The summed E-state index contributed by atoms with van der Waals surface area (Å²) in [7, 11) is 0. The molecule has 1 saturated heterocycles. The number of ether oxygens (including phenoxy) is 2. The molecule has 8 heteroatoms. The van der Waals surface area contributed by atoms with Gasteiger partial charge in [0.1, 0.15) is 12.1 Å². The molecule has 2 fully saturated rings. The highest BCUT2D eigenvalue weighted by molar-refractivity contribution is 5.89. The fourth-order valence-electron chi connectivity index (χ4n) is 5.21. The van der Waals surface area contributed by atoms with Gasteiger partial charge in [0.2, 0.25) is 5.91 Å². The molecule has 0 bridgehead atoms. The van der Waals surface area contributed by atoms with Crippen molar-refractivity contribution < 1.29 is 29.0 Å². The van der Waals surface area contributed by atoms with Crippen molar-refractivity contribution in [2.24, 2.45) is 5.92 Å². The second-order valence-electron chi connectivity index (χ2n) is 9.32. The van der Waals surface area contributed by atoms with Gasteiger partial charge < -0.3 is 25.2 Å². The molecule has 0 radical (unpaired) electrons. The summed E-state index contributed by atoms with van der Waals surface area (Å²) < 4.78 is 10.8. The number of amides is 2. The summed E-state index contributed by atoms with van der Waals surface area (Å²) in [5.74, 6) is -1.64. The Morgan fingerprint density at radius 1 is 0.971 bits per heavy atom. The highest BCUT2D eigenvalue weighted by Crippen LogP contribution is 2.44. The van der Waals surface area contributed by atoms with Crippen molar-refractivity contribution in [3.8, 4) is 11.1 Å². The summed E-state index contributed by atoms with van der Waals surface area (Å²) in [6, 6.07) is 16.1. The molecule has 0 spiro atoms. The van der Waals surface area contributed by atoms with Gasteiger partial charge in [-0.3, -0.25) is 4.79 Å². The highest BCUT2D eigenvalue weighted by Gasteiger charge is 2.45. The van der Waals surface area contributed by atoms with Crippen molar-refractivity contribution in [1.29, 1.82) is 0 Å². The Hall–Kier alpha value is -3.39. The van der Waals surface area contributed by atoms with Crippen molar-refractivity contribution >= 4 is 18.0 Å². The minimum absolute atomic E-state index is 0.00949. The van der Waals surface area contributed by atoms with Crippen LogP contribution in [0.5, 0.6) is 0 Å². The molecule has 178 valence electrons. The first-order valence-electron chi connectivity index (χ1n) is 11.7. The second kappa shape index (κ2) is 9.10. The maximum Gasteiger partial charge on any atom is 0.407 e. The van der Waals surface area contributed by atoms with Crippen LogP contribution >= 0.6 is 0 Å². The number of rotatable bonds is 6. The monoisotopic (exact) mass is 464 g/mol. The Bertz CT molecular complexity index is 1060. The quantitative estimate of drug-likeness (QED) is 0.606. The summed E-state index contributed by atoms with van der Waals surface area (Å²) >= 11 is 0. The average Bonchev–Trinajstić information content (AvgIpc) is 3.14. The lowest BCUT2D eigenvalue weighted by atomic mass is 9.78. The Balaban J connectivity index is 1.11. The fourth-order valence-corrected chi connectivity index (χ4v) is 5.21. The highest BCUT2D eigenvalue weighted by atomic mass is 16.5. The van der Waals surface area contributed by atoms with Gasteiger partial charge in [-0.25, -0.2) is 9.59 Å². The molecule has 0 atom stereocenters. The summed E-state index contributed by atoms with van der Waals surface area (Å²) in [6.07, 6.45) is 0.923. The summed E-state index contributed by atoms with van der Waals surface area (Å²) in [4.78, 5) is 36.8. The molecule has 3 N–H and O–H groups in total. The lowest BCUT2D eigenvalue weighted by molar-refractivity contribution is -0.153. The van der Waals surface area contributed by atoms with Gasteiger partial charge in [-0.15, -0.1) is 0 Å². The van der Waals surface area contributed by atoms with E-state index >= 15 is 0 Å². The molecule has 8 nitrogen and oxygen atoms in total. The number of hydrogen-bond donors (Lipinski definition) is 3. The average molecular weight is 465 g/mol. The van der Waals surface area contributed by atoms with Gasteiger partial charge in [0.25, 0.3) is 0 Å². The molecule has 1 aliphatic heterocycles. The van der Waals surface area contributed by atoms with E-state index in [1.165, 1.54) is 11.1 Å². The number of carboxylic acid groups (broad SMARTS) is 1. The van der Waals surface area contributed by atoms with Crippen LogP contribution in [0.2, 0.25) is 0 Å². The SMILES string of the molecule is O=C(NC1CC(C(=O)NC2(C(=O)O)CCOCC2)C1)OCC1c2ccccc2-c2ccccc21. The third-order valence-corrected chi connectivity index (χ3v) is 7.29. The predicted molar refractivity (Wildman–Crippen MR) is 123 cm³/mol. The Morgan fingerprint density at radius 2 is 1.56 bits per heavy atom. The number of carbonyl (C=O) groups excluding carboxylic acids is 2. The molecule has 2 amide bonds. The lowest BCUT2D eigenvalue weighted by Gasteiger charge is -2.39. The van der Waals surface area contributed by atoms with E-state index in [2.05, 4.69) is 34.9 Å². The number of carboxylic acids is 1. The molecule has 5 rings (SSSR count). The molecular formula is C26H28N2O6. The Morgan fingerprint density at radius 3 is 2.15 bits per heavy atom. The number of hydrogen-bond acceptors (Lipinski definition) is 5. The van der Waals surface area contributed by atoms with Crippen molar-refractivity contribution in [3.05, 3.63) is 59.7 Å². The van der Waals surface area contributed by atoms with Crippen LogP contribution in [0.3, 0.4) is 0 Å². The normalized spacial score (nSPS) is 22.6. The first-order valence-corrected chi connectivity index (χ1v) is 11.7. The van der Waals surface area contributed by atoms with Gasteiger partial charge >= 0.3 is 12.1 Å². The summed E-state index contributed by atoms with van der Waals surface area (Å²) in [5, 5.41) is 15.2. The molecular weight excluding hydrogens is 436 g/mol. The van der Waals surface area contributed by atoms with Gasteiger partial charge in [-0.1, -0.05) is 48.5 Å². The minimum Gasteiger partial charge on any atom is -0.480 e. The van der Waals surface area contributed by atoms with Crippen LogP contribution in [0.15, 0.2) is 48.5 Å². The van der Waals surface area contributed by atoms with Crippen molar-refractivity contribution in [1.82, 2.24) is 10.6 Å². The number of aliphatic carboxylic acids is 1. The summed E-state index contributed by atoms with van der Waals surface area (Å²) in [6.45, 7) is 0.853. The molecule has 2 aliphatic carbocycles. The first-order chi connectivity index (χ1) is 16.5. The Labute approximate surface area is 197 Å². The van der Waals surface area contributed by atoms with Crippen LogP contribution in [0, 0.1) is 5.92 Å². The lowest BCUT2D eigenvalue weighted by Crippen LogP contribution is -2.60. The number of alkyl carbamates (subject to hydrolysis) is 1. The van der Waals surface area contributed by atoms with Crippen LogP contribution in [-0.2, 0) is 19.1 Å². The van der Waals surface area contributed by atoms with E-state index in [4.69, 9.17) is 9.47 Å². The molecule has 1 heterocycles. The number of benzene rings is 2. The van der Waals surface area contributed by atoms with Crippen LogP contribution in [0.1, 0.15) is 42.7 Å². The van der Waals surface area contributed by atoms with E-state index in [-0.39, 0.29) is 43.2 Å². The zero-order valence-electron chi connectivity index (χ0n) is 18.8. The zero-order valence-corrected chi connectivity index (χ0v) is 18.8. The second-order valence-corrected chi connectivity index (χ2v) is 9.32. The van der Waals surface area contributed by atoms with E-state index in [0.29, 0.717) is 26.1 Å². The molecule has 1 saturated carbocycles. The molecule has 34 heavy (non-hydrogen) atoms. The van der Waals surface area contributed by atoms with Crippen molar-refractivity contribution in [2.75, 3.05) is 19.8 Å². The first kappa shape index (κ1) is 22.4. The number of nitrogens with one attached hydrogen (secondary N) is 2. The summed E-state index contributed by atoms with van der Waals surface area (Å²) in [5.41, 5.74) is 3.38. The minimum atomic E-state index is -1.26. The van der Waals surface area contributed by atoms with E-state index in [1.54, 1.807) is 0 Å². The van der Waals surface area contributed by atoms with Crippen molar-refractivity contribution in [2.45, 2.75) is 43.2 Å². The zero-order chi connectivity index (χ0) is 23.7. The van der Waals surface area contributed by atoms with Gasteiger partial charge in [-0.2, -0.15) is 0 Å². The van der Waals surface area contributed by atoms with E-state index in [9.17, 15) is 19.5 Å². The molecule has 2 aromatic carbocycles. The van der Waals surface area contributed by atoms with Gasteiger partial charge in [-0.05, 0) is 35.1 Å². The molecule has 0 aromatic heterocycles. The van der Waals surface area contributed by atoms with Crippen LogP contribution in [-0.4, -0.2) is 54.5 Å². The van der Waals surface area contributed by atoms with Crippen LogP contribution < -0.4 is 10.6 Å². The smallest absolute Gasteiger partial charge is 0.407 e. The van der Waals surface area contributed by atoms with E-state index < -0.39 is 17.6 Å².